The van der Waals surface area contributed by atoms with Crippen molar-refractivity contribution in [3.05, 3.63) is 12.4 Å². The first kappa shape index (κ1) is 7.19. The van der Waals surface area contributed by atoms with Gasteiger partial charge in [0.2, 0.25) is 0 Å². The number of hydrazine groups is 2. The van der Waals surface area contributed by atoms with Gasteiger partial charge < -0.3 is 10.2 Å². The smallest absolute Gasteiger partial charge is 0.446 e. The number of rotatable bonds is 0. The van der Waals surface area contributed by atoms with Crippen LogP contribution in [-0.4, -0.2) is 32.5 Å². The Balaban J connectivity index is 2.71. The number of hydrogen-bond donors (Lipinski definition) is 3. The highest BCUT2D eigenvalue weighted by Gasteiger charge is 2.26. The summed E-state index contributed by atoms with van der Waals surface area (Å²) in [6, 6.07) is 0. The Morgan fingerprint density at radius 3 is 2.27 bits per heavy atom. The fraction of sp³-hybridized carbons (Fsp3) is 0. The average Bonchev–Trinajstić information content (AvgIpc) is 2.32. The van der Waals surface area contributed by atoms with Crippen LogP contribution in [0.4, 0.5) is 9.59 Å². The standard InChI is InChI=1S/C4H5N3O4/c8-3(9)6-2-1-5-7(6)4(10)11/h1-2,5H,(H,8,9)(H,10,11). The largest absolute Gasteiger partial charge is 0.463 e. The van der Waals surface area contributed by atoms with Gasteiger partial charge in [0.05, 0.1) is 6.20 Å². The lowest BCUT2D eigenvalue weighted by atomic mass is 10.9. The van der Waals surface area contributed by atoms with Crippen LogP contribution in [0.3, 0.4) is 0 Å². The summed E-state index contributed by atoms with van der Waals surface area (Å²) in [6.07, 6.45) is -0.482. The number of carbonyl (C=O) groups is 2. The van der Waals surface area contributed by atoms with Gasteiger partial charge in [-0.15, -0.1) is 5.12 Å². The van der Waals surface area contributed by atoms with E-state index in [4.69, 9.17) is 10.2 Å². The van der Waals surface area contributed by atoms with E-state index >= 15 is 0 Å². The van der Waals surface area contributed by atoms with Crippen LogP contribution in [0.5, 0.6) is 0 Å². The molecule has 0 aromatic heterocycles. The number of hydrogen-bond acceptors (Lipinski definition) is 3. The summed E-state index contributed by atoms with van der Waals surface area (Å²) in [5, 5.41) is 17.6. The number of amides is 2. The second kappa shape index (κ2) is 2.37. The van der Waals surface area contributed by atoms with Crippen LogP contribution >= 0.6 is 0 Å². The Kier molecular flexibility index (Phi) is 1.55. The zero-order valence-electron chi connectivity index (χ0n) is 5.26. The average molecular weight is 159 g/mol. The van der Waals surface area contributed by atoms with E-state index in [2.05, 4.69) is 5.43 Å². The first-order chi connectivity index (χ1) is 5.13. The summed E-state index contributed by atoms with van der Waals surface area (Å²) in [6.45, 7) is 0. The molecule has 2 amide bonds. The van der Waals surface area contributed by atoms with Gasteiger partial charge in [-0.3, -0.25) is 5.43 Å². The minimum Gasteiger partial charge on any atom is -0.463 e. The van der Waals surface area contributed by atoms with Crippen molar-refractivity contribution < 1.29 is 19.8 Å². The molecule has 0 saturated carbocycles. The molecular weight excluding hydrogens is 154 g/mol. The highest BCUT2D eigenvalue weighted by Crippen LogP contribution is 2.02. The van der Waals surface area contributed by atoms with Crippen molar-refractivity contribution in [1.82, 2.24) is 15.6 Å². The highest BCUT2D eigenvalue weighted by molar-refractivity contribution is 5.72. The summed E-state index contributed by atoms with van der Waals surface area (Å²) in [5.74, 6) is 0. The minimum absolute atomic E-state index is 0.433. The van der Waals surface area contributed by atoms with Crippen molar-refractivity contribution >= 4 is 12.2 Å². The lowest BCUT2D eigenvalue weighted by molar-refractivity contribution is 0.0231. The third kappa shape index (κ3) is 1.16. The molecule has 0 atom stereocenters. The predicted molar refractivity (Wildman–Crippen MR) is 32.0 cm³/mol. The molecule has 1 rings (SSSR count). The van der Waals surface area contributed by atoms with Gasteiger partial charge in [-0.25, -0.2) is 9.59 Å². The van der Waals surface area contributed by atoms with E-state index in [0.29, 0.717) is 10.1 Å². The van der Waals surface area contributed by atoms with Gasteiger partial charge in [0, 0.05) is 6.20 Å². The van der Waals surface area contributed by atoms with Gasteiger partial charge in [-0.1, -0.05) is 0 Å². The van der Waals surface area contributed by atoms with Crippen LogP contribution in [0.25, 0.3) is 0 Å². The first-order valence-corrected chi connectivity index (χ1v) is 2.61. The molecule has 7 nitrogen and oxygen atoms in total. The number of nitrogens with zero attached hydrogens (tertiary/aromatic N) is 2. The zero-order valence-corrected chi connectivity index (χ0v) is 5.26. The molecule has 7 heteroatoms. The van der Waals surface area contributed by atoms with Crippen LogP contribution in [0.2, 0.25) is 0 Å². The van der Waals surface area contributed by atoms with E-state index in [0.717, 1.165) is 6.20 Å². The quantitative estimate of drug-likeness (QED) is 0.457. The molecule has 0 aromatic carbocycles. The molecule has 3 N–H and O–H groups in total. The van der Waals surface area contributed by atoms with Crippen LogP contribution in [0, 0.1) is 0 Å². The molecule has 0 aromatic rings. The maximum atomic E-state index is 10.2. The topological polar surface area (TPSA) is 93.1 Å². The molecule has 0 spiro atoms. The molecule has 0 aliphatic carbocycles. The third-order valence-corrected chi connectivity index (χ3v) is 1.01. The second-order valence-electron chi connectivity index (χ2n) is 1.67. The van der Waals surface area contributed by atoms with E-state index in [1.54, 1.807) is 0 Å². The van der Waals surface area contributed by atoms with Crippen LogP contribution < -0.4 is 5.43 Å². The Hall–Kier alpha value is -1.92. The van der Waals surface area contributed by atoms with Gasteiger partial charge in [-0.05, 0) is 0 Å². The van der Waals surface area contributed by atoms with E-state index in [-0.39, 0.29) is 0 Å². The number of nitrogens with one attached hydrogen (secondary N) is 1. The fourth-order valence-electron chi connectivity index (χ4n) is 0.600. The lowest BCUT2D eigenvalue weighted by Crippen LogP contribution is -2.47. The minimum atomic E-state index is -1.39. The third-order valence-electron chi connectivity index (χ3n) is 1.01. The van der Waals surface area contributed by atoms with Crippen molar-refractivity contribution in [2.45, 2.75) is 0 Å². The van der Waals surface area contributed by atoms with Crippen molar-refractivity contribution in [2.75, 3.05) is 0 Å². The monoisotopic (exact) mass is 159 g/mol. The molecule has 0 unspecified atom stereocenters. The van der Waals surface area contributed by atoms with E-state index in [1.165, 1.54) is 6.20 Å². The Morgan fingerprint density at radius 1 is 1.27 bits per heavy atom. The summed E-state index contributed by atoms with van der Waals surface area (Å²) >= 11 is 0. The van der Waals surface area contributed by atoms with Crippen molar-refractivity contribution in [1.29, 1.82) is 0 Å². The fourth-order valence-corrected chi connectivity index (χ4v) is 0.600. The molecule has 1 aliphatic heterocycles. The maximum Gasteiger partial charge on any atom is 0.446 e. The van der Waals surface area contributed by atoms with E-state index < -0.39 is 12.2 Å². The Labute approximate surface area is 61.1 Å². The molecule has 1 aliphatic rings. The van der Waals surface area contributed by atoms with Crippen LogP contribution in [0.1, 0.15) is 0 Å². The Morgan fingerprint density at radius 2 is 1.91 bits per heavy atom. The summed E-state index contributed by atoms with van der Waals surface area (Å²) < 4.78 is 0. The highest BCUT2D eigenvalue weighted by atomic mass is 16.4. The lowest BCUT2D eigenvalue weighted by Gasteiger charge is -2.19. The first-order valence-electron chi connectivity index (χ1n) is 2.61. The van der Waals surface area contributed by atoms with Gasteiger partial charge in [0.1, 0.15) is 0 Å². The van der Waals surface area contributed by atoms with Crippen LogP contribution in [-0.2, 0) is 0 Å². The zero-order chi connectivity index (χ0) is 8.43. The molecule has 11 heavy (non-hydrogen) atoms. The van der Waals surface area contributed by atoms with Gasteiger partial charge in [0.25, 0.3) is 0 Å². The molecule has 60 valence electrons. The molecular formula is C4H5N3O4. The molecule has 0 bridgehead atoms. The molecule has 0 saturated heterocycles. The molecule has 1 heterocycles. The normalized spacial score (nSPS) is 14.9. The second-order valence-corrected chi connectivity index (χ2v) is 1.67. The summed E-state index contributed by atoms with van der Waals surface area (Å²) in [4.78, 5) is 20.5. The van der Waals surface area contributed by atoms with Crippen molar-refractivity contribution in [2.24, 2.45) is 0 Å². The Bertz CT molecular complexity index is 225. The van der Waals surface area contributed by atoms with Gasteiger partial charge in [-0.2, -0.15) is 5.01 Å². The summed E-state index contributed by atoms with van der Waals surface area (Å²) in [5.41, 5.74) is 2.19. The van der Waals surface area contributed by atoms with Gasteiger partial charge >= 0.3 is 12.2 Å². The van der Waals surface area contributed by atoms with E-state index in [9.17, 15) is 9.59 Å². The van der Waals surface area contributed by atoms with Crippen molar-refractivity contribution in [3.63, 3.8) is 0 Å². The SMILES string of the molecule is O=C(O)N1C=CNN1C(=O)O. The maximum absolute atomic E-state index is 10.2. The van der Waals surface area contributed by atoms with Crippen molar-refractivity contribution in [3.8, 4) is 0 Å². The molecule has 0 radical (unpaired) electrons. The van der Waals surface area contributed by atoms with Crippen LogP contribution in [0.15, 0.2) is 12.4 Å². The summed E-state index contributed by atoms with van der Waals surface area (Å²) in [7, 11) is 0. The predicted octanol–water partition coefficient (Wildman–Crippen LogP) is -0.149. The van der Waals surface area contributed by atoms with E-state index in [1.807, 2.05) is 0 Å². The number of carboxylic acid groups (broad SMARTS) is 2. The van der Waals surface area contributed by atoms with Gasteiger partial charge in [0.15, 0.2) is 0 Å². The molecule has 0 fully saturated rings.